The van der Waals surface area contributed by atoms with Crippen LogP contribution < -0.4 is 0 Å². The van der Waals surface area contributed by atoms with Gasteiger partial charge in [-0.25, -0.2) is 0 Å². The van der Waals surface area contributed by atoms with Crippen molar-refractivity contribution in [2.75, 3.05) is 6.61 Å². The van der Waals surface area contributed by atoms with Crippen molar-refractivity contribution in [1.29, 1.82) is 0 Å². The molecule has 0 amide bonds. The van der Waals surface area contributed by atoms with Crippen LogP contribution in [-0.2, 0) is 9.53 Å². The lowest BCUT2D eigenvalue weighted by atomic mass is 10.0. The monoisotopic (exact) mass is 508 g/mol. The number of carbonyl (C=O) groups is 1. The van der Waals surface area contributed by atoms with Gasteiger partial charge in [-0.3, -0.25) is 4.79 Å². The maximum Gasteiger partial charge on any atom is 0.306 e. The van der Waals surface area contributed by atoms with Crippen LogP contribution in [0.25, 0.3) is 0 Å². The summed E-state index contributed by atoms with van der Waals surface area (Å²) in [4.78, 5) is 11.6. The van der Waals surface area contributed by atoms with E-state index in [0.29, 0.717) is 17.0 Å². The lowest BCUT2D eigenvalue weighted by Crippen LogP contribution is -2.11. The highest BCUT2D eigenvalue weighted by Gasteiger charge is 2.09. The van der Waals surface area contributed by atoms with E-state index >= 15 is 0 Å². The van der Waals surface area contributed by atoms with E-state index in [4.69, 9.17) is 4.74 Å². The van der Waals surface area contributed by atoms with Crippen molar-refractivity contribution in [1.82, 2.24) is 0 Å². The normalized spacial score (nSPS) is 12.2. The van der Waals surface area contributed by atoms with E-state index in [1.54, 1.807) is 0 Å². The molecule has 0 aliphatic carbocycles. The van der Waals surface area contributed by atoms with Crippen molar-refractivity contribution in [3.05, 3.63) is 0 Å². The molecule has 0 bridgehead atoms. The van der Waals surface area contributed by atoms with Crippen molar-refractivity contribution < 1.29 is 9.53 Å². The van der Waals surface area contributed by atoms with Crippen LogP contribution in [-0.4, -0.2) is 16.5 Å². The summed E-state index contributed by atoms with van der Waals surface area (Å²) >= 11 is 2.33. The van der Waals surface area contributed by atoms with Gasteiger partial charge >= 0.3 is 5.97 Å². The Balaban J connectivity index is 3.09. The Labute approximate surface area is 190 Å². The van der Waals surface area contributed by atoms with Gasteiger partial charge in [-0.05, 0) is 12.8 Å². The SMILES string of the molecule is CCCCCCCCCCCCCCCCCCCCOC(=O)CC(I)CC. The average Bonchev–Trinajstić information content (AvgIpc) is 2.69. The van der Waals surface area contributed by atoms with E-state index in [9.17, 15) is 4.79 Å². The maximum absolute atomic E-state index is 11.6. The third-order valence-corrected chi connectivity index (χ3v) is 6.91. The predicted octanol–water partition coefficient (Wildman–Crippen LogP) is 9.18. The average molecular weight is 509 g/mol. The van der Waals surface area contributed by atoms with Gasteiger partial charge in [0, 0.05) is 3.92 Å². The zero-order chi connectivity index (χ0) is 20.7. The smallest absolute Gasteiger partial charge is 0.306 e. The Morgan fingerprint density at radius 2 is 1.00 bits per heavy atom. The Morgan fingerprint density at radius 3 is 1.36 bits per heavy atom. The highest BCUT2D eigenvalue weighted by atomic mass is 127. The second-order valence-electron chi connectivity index (χ2n) is 8.44. The first-order valence-corrected chi connectivity index (χ1v) is 13.7. The molecule has 0 rings (SSSR count). The molecule has 1 atom stereocenters. The van der Waals surface area contributed by atoms with Gasteiger partial charge in [0.2, 0.25) is 0 Å². The zero-order valence-electron chi connectivity index (χ0n) is 19.1. The molecule has 0 aliphatic heterocycles. The second-order valence-corrected chi connectivity index (χ2v) is 10.2. The van der Waals surface area contributed by atoms with Gasteiger partial charge in [-0.1, -0.05) is 146 Å². The van der Waals surface area contributed by atoms with E-state index in [1.807, 2.05) is 0 Å². The van der Waals surface area contributed by atoms with Crippen LogP contribution in [0.4, 0.5) is 0 Å². The highest BCUT2D eigenvalue weighted by molar-refractivity contribution is 14.1. The Hall–Kier alpha value is 0.200. The van der Waals surface area contributed by atoms with Crippen LogP contribution in [0.15, 0.2) is 0 Å². The molecule has 0 aromatic rings. The van der Waals surface area contributed by atoms with Gasteiger partial charge in [0.25, 0.3) is 0 Å². The first-order valence-electron chi connectivity index (χ1n) is 12.5. The summed E-state index contributed by atoms with van der Waals surface area (Å²) in [5.74, 6) is -0.0202. The predicted molar refractivity (Wildman–Crippen MR) is 132 cm³/mol. The van der Waals surface area contributed by atoms with Crippen molar-refractivity contribution >= 4 is 28.6 Å². The minimum absolute atomic E-state index is 0.0202. The summed E-state index contributed by atoms with van der Waals surface area (Å²) in [7, 11) is 0. The number of hydrogen-bond acceptors (Lipinski definition) is 2. The Bertz CT molecular complexity index is 320. The summed E-state index contributed by atoms with van der Waals surface area (Å²) in [6, 6.07) is 0. The highest BCUT2D eigenvalue weighted by Crippen LogP contribution is 2.14. The van der Waals surface area contributed by atoms with Gasteiger partial charge in [0.1, 0.15) is 0 Å². The van der Waals surface area contributed by atoms with Gasteiger partial charge in [-0.15, -0.1) is 0 Å². The van der Waals surface area contributed by atoms with Crippen LogP contribution in [0.5, 0.6) is 0 Å². The fourth-order valence-corrected chi connectivity index (χ4v) is 3.93. The van der Waals surface area contributed by atoms with Gasteiger partial charge in [-0.2, -0.15) is 0 Å². The van der Waals surface area contributed by atoms with E-state index in [-0.39, 0.29) is 5.97 Å². The summed E-state index contributed by atoms with van der Waals surface area (Å²) in [6.45, 7) is 5.02. The molecular weight excluding hydrogens is 459 g/mol. The van der Waals surface area contributed by atoms with E-state index < -0.39 is 0 Å². The van der Waals surface area contributed by atoms with E-state index in [1.165, 1.54) is 109 Å². The van der Waals surface area contributed by atoms with Crippen molar-refractivity contribution in [3.63, 3.8) is 0 Å². The first-order chi connectivity index (χ1) is 13.7. The van der Waals surface area contributed by atoms with Crippen LogP contribution >= 0.6 is 22.6 Å². The molecule has 0 saturated carbocycles. The molecule has 0 heterocycles. The first kappa shape index (κ1) is 28.2. The quantitative estimate of drug-likeness (QED) is 0.0631. The number of unbranched alkanes of at least 4 members (excludes halogenated alkanes) is 17. The molecule has 2 nitrogen and oxygen atoms in total. The van der Waals surface area contributed by atoms with Crippen LogP contribution in [0.1, 0.15) is 142 Å². The molecule has 3 heteroatoms. The topological polar surface area (TPSA) is 26.3 Å². The van der Waals surface area contributed by atoms with Gasteiger partial charge < -0.3 is 4.74 Å². The molecule has 0 fully saturated rings. The molecule has 0 N–H and O–H groups in total. The minimum Gasteiger partial charge on any atom is -0.466 e. The number of halogens is 1. The standard InChI is InChI=1S/C25H49IO2/c1-3-5-6-7-8-9-10-11-12-13-14-15-16-17-18-19-20-21-22-28-25(27)23-24(26)4-2/h24H,3-23H2,1-2H3. The molecular formula is C25H49IO2. The molecule has 168 valence electrons. The second kappa shape index (κ2) is 23.5. The van der Waals surface area contributed by atoms with Crippen molar-refractivity contribution in [3.8, 4) is 0 Å². The molecule has 0 saturated heterocycles. The van der Waals surface area contributed by atoms with E-state index in [0.717, 1.165) is 12.8 Å². The van der Waals surface area contributed by atoms with Crippen LogP contribution in [0.3, 0.4) is 0 Å². The van der Waals surface area contributed by atoms with Crippen LogP contribution in [0, 0.1) is 0 Å². The van der Waals surface area contributed by atoms with Crippen molar-refractivity contribution in [2.24, 2.45) is 0 Å². The van der Waals surface area contributed by atoms with Crippen LogP contribution in [0.2, 0.25) is 0 Å². The lowest BCUT2D eigenvalue weighted by molar-refractivity contribution is -0.143. The minimum atomic E-state index is -0.0202. The summed E-state index contributed by atoms with van der Waals surface area (Å²) in [6.07, 6.45) is 26.5. The molecule has 0 aromatic carbocycles. The summed E-state index contributed by atoms with van der Waals surface area (Å²) in [5, 5.41) is 0. The molecule has 0 spiro atoms. The van der Waals surface area contributed by atoms with Gasteiger partial charge in [0.05, 0.1) is 13.0 Å². The molecule has 0 radical (unpaired) electrons. The third kappa shape index (κ3) is 22.5. The van der Waals surface area contributed by atoms with Gasteiger partial charge in [0.15, 0.2) is 0 Å². The fourth-order valence-electron chi connectivity index (χ4n) is 3.57. The fraction of sp³-hybridized carbons (Fsp3) is 0.960. The molecule has 0 aliphatic rings. The number of alkyl halides is 1. The largest absolute Gasteiger partial charge is 0.466 e. The summed E-state index contributed by atoms with van der Waals surface area (Å²) < 4.78 is 5.72. The molecule has 0 aromatic heterocycles. The third-order valence-electron chi connectivity index (χ3n) is 5.59. The number of hydrogen-bond donors (Lipinski definition) is 0. The lowest BCUT2D eigenvalue weighted by Gasteiger charge is -2.07. The Kier molecular flexibility index (Phi) is 23.6. The maximum atomic E-state index is 11.6. The summed E-state index contributed by atoms with van der Waals surface area (Å²) in [5.41, 5.74) is 0. The number of esters is 1. The number of ether oxygens (including phenoxy) is 1. The zero-order valence-corrected chi connectivity index (χ0v) is 21.3. The van der Waals surface area contributed by atoms with Crippen molar-refractivity contribution in [2.45, 2.75) is 146 Å². The number of carbonyl (C=O) groups excluding carboxylic acids is 1. The van der Waals surface area contributed by atoms with E-state index in [2.05, 4.69) is 36.4 Å². The Morgan fingerprint density at radius 1 is 0.643 bits per heavy atom. The number of rotatable bonds is 22. The molecule has 28 heavy (non-hydrogen) atoms. The molecule has 1 unspecified atom stereocenters.